The van der Waals surface area contributed by atoms with Crippen LogP contribution >= 0.6 is 34.3 Å². The molecule has 2 aromatic heterocycles. The minimum absolute atomic E-state index is 0.366. The maximum Gasteiger partial charge on any atom is 0.113 e. The molecule has 5 rings (SSSR count). The van der Waals surface area contributed by atoms with E-state index in [4.69, 9.17) is 26.2 Å². The van der Waals surface area contributed by atoms with Gasteiger partial charge in [-0.15, -0.1) is 22.7 Å². The molecule has 0 unspecified atom stereocenters. The van der Waals surface area contributed by atoms with Crippen molar-refractivity contribution >= 4 is 43.7 Å². The lowest BCUT2D eigenvalue weighted by atomic mass is 9.90. The van der Waals surface area contributed by atoms with E-state index in [1.54, 1.807) is 41.7 Å². The number of fused-ring (bicyclic) bond motifs is 1. The van der Waals surface area contributed by atoms with Gasteiger partial charge in [0.25, 0.3) is 0 Å². The van der Waals surface area contributed by atoms with Crippen LogP contribution < -0.4 is 0 Å². The van der Waals surface area contributed by atoms with Crippen LogP contribution in [-0.4, -0.2) is 109 Å². The van der Waals surface area contributed by atoms with Gasteiger partial charge < -0.3 is 50.3 Å². The first-order chi connectivity index (χ1) is 18.5. The Kier molecular flexibility index (Phi) is 10.4. The number of ether oxygens (including phenoxy) is 2. The van der Waals surface area contributed by atoms with Crippen LogP contribution in [0.1, 0.15) is 29.0 Å². The van der Waals surface area contributed by atoms with Gasteiger partial charge >= 0.3 is 0 Å². The number of thiophene rings is 2. The molecule has 2 saturated heterocycles. The highest BCUT2D eigenvalue weighted by molar-refractivity contribution is 7.26. The predicted molar refractivity (Wildman–Crippen MR) is 146 cm³/mol. The van der Waals surface area contributed by atoms with Crippen LogP contribution in [0.15, 0.2) is 35.7 Å². The van der Waals surface area contributed by atoms with E-state index in [0.29, 0.717) is 17.0 Å². The van der Waals surface area contributed by atoms with Crippen LogP contribution in [0.4, 0.5) is 0 Å². The molecule has 4 heterocycles. The molecule has 216 valence electrons. The monoisotopic (exact) mass is 604 g/mol. The molecule has 2 fully saturated rings. The van der Waals surface area contributed by atoms with Gasteiger partial charge in [0.15, 0.2) is 0 Å². The summed E-state index contributed by atoms with van der Waals surface area (Å²) in [7, 11) is 0. The third-order valence-electron chi connectivity index (χ3n) is 6.98. The van der Waals surface area contributed by atoms with Crippen LogP contribution in [0.25, 0.3) is 9.40 Å². The molecule has 2 aliphatic rings. The lowest BCUT2D eigenvalue weighted by Crippen LogP contribution is -2.57. The molecule has 13 heteroatoms. The van der Waals surface area contributed by atoms with Crippen LogP contribution in [0, 0.1) is 0 Å². The smallest absolute Gasteiger partial charge is 0.113 e. The van der Waals surface area contributed by atoms with Crippen molar-refractivity contribution in [1.82, 2.24) is 0 Å². The second-order valence-electron chi connectivity index (χ2n) is 9.67. The molecular formula is C26H33ClO10S2. The zero-order valence-electron chi connectivity index (χ0n) is 20.9. The zero-order chi connectivity index (χ0) is 28.4. The Morgan fingerprint density at radius 2 is 1.41 bits per heavy atom. The summed E-state index contributed by atoms with van der Waals surface area (Å²) >= 11 is 9.80. The predicted octanol–water partition coefficient (Wildman–Crippen LogP) is 0.571. The minimum atomic E-state index is -1.40. The van der Waals surface area contributed by atoms with E-state index >= 15 is 0 Å². The molecule has 1 aromatic carbocycles. The van der Waals surface area contributed by atoms with Crippen molar-refractivity contribution in [2.75, 3.05) is 13.2 Å². The maximum atomic E-state index is 10.3. The van der Waals surface area contributed by atoms with Crippen molar-refractivity contribution in [1.29, 1.82) is 0 Å². The Morgan fingerprint density at radius 1 is 0.769 bits per heavy atom. The van der Waals surface area contributed by atoms with Crippen LogP contribution in [0.2, 0.25) is 5.02 Å². The van der Waals surface area contributed by atoms with Crippen molar-refractivity contribution in [2.45, 2.75) is 74.4 Å². The largest absolute Gasteiger partial charge is 0.394 e. The summed E-state index contributed by atoms with van der Waals surface area (Å²) in [6, 6.07) is 9.57. The summed E-state index contributed by atoms with van der Waals surface area (Å²) in [5.41, 5.74) is 1.53. The first-order valence-corrected chi connectivity index (χ1v) is 14.5. The van der Waals surface area contributed by atoms with Crippen LogP contribution in [0.5, 0.6) is 0 Å². The number of aliphatic hydroxyl groups excluding tert-OH is 8. The fourth-order valence-electron chi connectivity index (χ4n) is 4.66. The molecule has 0 amide bonds. The van der Waals surface area contributed by atoms with E-state index in [1.165, 1.54) is 14.3 Å². The third-order valence-corrected chi connectivity index (χ3v) is 9.44. The number of rotatable bonds is 5. The average molecular weight is 605 g/mol. The minimum Gasteiger partial charge on any atom is -0.394 e. The Balaban J connectivity index is 0.000000247. The van der Waals surface area contributed by atoms with E-state index in [-0.39, 0.29) is 6.61 Å². The van der Waals surface area contributed by atoms with Gasteiger partial charge in [0.05, 0.1) is 19.3 Å². The van der Waals surface area contributed by atoms with Crippen LogP contribution in [-0.2, 0) is 15.9 Å². The first kappa shape index (κ1) is 30.7. The molecule has 0 spiro atoms. The number of aliphatic hydroxyl groups is 8. The van der Waals surface area contributed by atoms with Crippen molar-refractivity contribution in [3.8, 4) is 0 Å². The SMILES string of the molecule is C[C@@H]1O[C@H](CO)[C@@H](O)[C@H](O)[C@H]1O.OC[C@H]1O[C@@H](c2ccc(Cl)c(Cc3cc4sccc4s3)c2)[C@H](O)[C@@H](O)[C@@H]1O. The fraction of sp³-hybridized carbons (Fsp3) is 0.538. The summed E-state index contributed by atoms with van der Waals surface area (Å²) in [6.07, 6.45) is -10.1. The third kappa shape index (κ3) is 6.65. The van der Waals surface area contributed by atoms with E-state index < -0.39 is 67.6 Å². The summed E-state index contributed by atoms with van der Waals surface area (Å²) in [5.74, 6) is 0. The molecule has 8 N–H and O–H groups in total. The molecule has 39 heavy (non-hydrogen) atoms. The number of benzene rings is 1. The van der Waals surface area contributed by atoms with Gasteiger partial charge in [0.1, 0.15) is 54.9 Å². The zero-order valence-corrected chi connectivity index (χ0v) is 23.3. The molecule has 2 aliphatic heterocycles. The average Bonchev–Trinajstić information content (AvgIpc) is 3.52. The van der Waals surface area contributed by atoms with Gasteiger partial charge in [0.2, 0.25) is 0 Å². The number of halogens is 1. The number of hydrogen-bond acceptors (Lipinski definition) is 12. The molecular weight excluding hydrogens is 572 g/mol. The highest BCUT2D eigenvalue weighted by Crippen LogP contribution is 2.36. The van der Waals surface area contributed by atoms with Crippen molar-refractivity contribution in [3.63, 3.8) is 0 Å². The van der Waals surface area contributed by atoms with Crippen molar-refractivity contribution in [3.05, 3.63) is 56.7 Å². The van der Waals surface area contributed by atoms with Gasteiger partial charge in [-0.3, -0.25) is 0 Å². The highest BCUT2D eigenvalue weighted by Gasteiger charge is 2.44. The second kappa shape index (κ2) is 13.2. The molecule has 3 aromatic rings. The maximum absolute atomic E-state index is 10.3. The summed E-state index contributed by atoms with van der Waals surface area (Å²) in [4.78, 5) is 1.18. The van der Waals surface area contributed by atoms with E-state index in [1.807, 2.05) is 6.07 Å². The van der Waals surface area contributed by atoms with Gasteiger partial charge in [-0.25, -0.2) is 0 Å². The number of hydrogen-bond donors (Lipinski definition) is 8. The Hall–Kier alpha value is -1.23. The summed E-state index contributed by atoms with van der Waals surface area (Å²) < 4.78 is 13.2. The highest BCUT2D eigenvalue weighted by atomic mass is 35.5. The molecule has 0 aliphatic carbocycles. The molecule has 0 radical (unpaired) electrons. The standard InChI is InChI=1S/C19H19ClO5S2.C7H14O5/c20-12-2-1-9(19-18(24)17(23)16(22)13(8-21)25-19)5-10(12)6-11-7-15-14(27-11)3-4-26-15;1-3-5(9)7(11)6(10)4(2-8)12-3/h1-5,7,13,16-19,21-24H,6,8H2;3-11H,2H2,1H3/t13-,16-,17+,18-,19+;3-,4+,5-,6+,7+/m10/s1. The van der Waals surface area contributed by atoms with Crippen molar-refractivity contribution in [2.24, 2.45) is 0 Å². The summed E-state index contributed by atoms with van der Waals surface area (Å²) in [6.45, 7) is 0.755. The lowest BCUT2D eigenvalue weighted by Gasteiger charge is -2.40. The van der Waals surface area contributed by atoms with Gasteiger partial charge in [-0.1, -0.05) is 23.7 Å². The van der Waals surface area contributed by atoms with E-state index in [0.717, 1.165) is 5.56 Å². The summed E-state index contributed by atoms with van der Waals surface area (Å²) in [5, 5.41) is 78.8. The van der Waals surface area contributed by atoms with Crippen molar-refractivity contribution < 1.29 is 50.3 Å². The second-order valence-corrected chi connectivity index (χ2v) is 12.2. The topological polar surface area (TPSA) is 180 Å². The molecule has 10 nitrogen and oxygen atoms in total. The van der Waals surface area contributed by atoms with Crippen LogP contribution in [0.3, 0.4) is 0 Å². The molecule has 0 bridgehead atoms. The van der Waals surface area contributed by atoms with Gasteiger partial charge in [0, 0.05) is 25.7 Å². The van der Waals surface area contributed by atoms with Gasteiger partial charge in [-0.2, -0.15) is 0 Å². The van der Waals surface area contributed by atoms with E-state index in [2.05, 4.69) is 17.5 Å². The Morgan fingerprint density at radius 3 is 2.05 bits per heavy atom. The lowest BCUT2D eigenvalue weighted by molar-refractivity contribution is -0.231. The quantitative estimate of drug-likeness (QED) is 0.205. The fourth-order valence-corrected chi connectivity index (χ4v) is 7.00. The first-order valence-electron chi connectivity index (χ1n) is 12.4. The normalized spacial score (nSPS) is 35.0. The molecule has 10 atom stereocenters. The Labute approximate surface area is 237 Å². The Bertz CT molecular complexity index is 1190. The van der Waals surface area contributed by atoms with E-state index in [9.17, 15) is 35.7 Å². The molecule has 0 saturated carbocycles. The van der Waals surface area contributed by atoms with Gasteiger partial charge in [-0.05, 0) is 41.6 Å².